The van der Waals surface area contributed by atoms with Gasteiger partial charge >= 0.3 is 6.18 Å². The standard InChI is InChI=1S/C15H13F3N2O/c1-9-2-4-10(5-3-9)21-11-6-7-12(14(19)20)13(8-11)15(16,17)18/h2-8H,1H3,(H3,19,20). The maximum absolute atomic E-state index is 13.0. The van der Waals surface area contributed by atoms with Gasteiger partial charge in [-0.25, -0.2) is 0 Å². The van der Waals surface area contributed by atoms with Crippen LogP contribution in [0.5, 0.6) is 11.5 Å². The maximum atomic E-state index is 13.0. The summed E-state index contributed by atoms with van der Waals surface area (Å²) < 4.78 is 44.3. The van der Waals surface area contributed by atoms with Gasteiger partial charge in [0.05, 0.1) is 5.56 Å². The van der Waals surface area contributed by atoms with Gasteiger partial charge in [-0.05, 0) is 37.3 Å². The zero-order valence-corrected chi connectivity index (χ0v) is 11.2. The molecule has 0 aliphatic heterocycles. The van der Waals surface area contributed by atoms with Gasteiger partial charge in [0.15, 0.2) is 0 Å². The number of rotatable bonds is 3. The van der Waals surface area contributed by atoms with Crippen LogP contribution in [-0.4, -0.2) is 5.84 Å². The maximum Gasteiger partial charge on any atom is 0.417 e. The van der Waals surface area contributed by atoms with Gasteiger partial charge in [-0.1, -0.05) is 17.7 Å². The van der Waals surface area contributed by atoms with Gasteiger partial charge in [0.25, 0.3) is 0 Å². The molecule has 0 atom stereocenters. The molecular weight excluding hydrogens is 281 g/mol. The molecule has 0 aliphatic carbocycles. The molecule has 2 aromatic carbocycles. The van der Waals surface area contributed by atoms with E-state index < -0.39 is 17.6 Å². The van der Waals surface area contributed by atoms with Crippen molar-refractivity contribution >= 4 is 5.84 Å². The Balaban J connectivity index is 2.38. The second-order valence-electron chi connectivity index (χ2n) is 4.53. The molecule has 0 aliphatic rings. The molecule has 2 rings (SSSR count). The van der Waals surface area contributed by atoms with E-state index >= 15 is 0 Å². The zero-order valence-electron chi connectivity index (χ0n) is 11.2. The van der Waals surface area contributed by atoms with Gasteiger partial charge < -0.3 is 10.5 Å². The number of halogens is 3. The van der Waals surface area contributed by atoms with Crippen molar-refractivity contribution in [1.82, 2.24) is 0 Å². The average molecular weight is 294 g/mol. The summed E-state index contributed by atoms with van der Waals surface area (Å²) in [4.78, 5) is 0. The molecule has 0 aromatic heterocycles. The van der Waals surface area contributed by atoms with Gasteiger partial charge in [-0.15, -0.1) is 0 Å². The Bertz CT molecular complexity index is 664. The highest BCUT2D eigenvalue weighted by atomic mass is 19.4. The number of nitrogens with one attached hydrogen (secondary N) is 1. The summed E-state index contributed by atoms with van der Waals surface area (Å²) in [6.07, 6.45) is -4.60. The molecule has 0 saturated carbocycles. The molecule has 3 nitrogen and oxygen atoms in total. The SMILES string of the molecule is Cc1ccc(Oc2ccc(C(=N)N)c(C(F)(F)F)c2)cc1. The Morgan fingerprint density at radius 2 is 1.62 bits per heavy atom. The van der Waals surface area contributed by atoms with Crippen molar-refractivity contribution in [3.8, 4) is 11.5 Å². The van der Waals surface area contributed by atoms with Crippen molar-refractivity contribution in [3.63, 3.8) is 0 Å². The highest BCUT2D eigenvalue weighted by molar-refractivity contribution is 5.96. The fourth-order valence-electron chi connectivity index (χ4n) is 1.80. The number of hydrogen-bond acceptors (Lipinski definition) is 2. The molecule has 3 N–H and O–H groups in total. The van der Waals surface area contributed by atoms with Crippen molar-refractivity contribution < 1.29 is 17.9 Å². The predicted molar refractivity (Wildman–Crippen MR) is 73.7 cm³/mol. The first-order chi connectivity index (χ1) is 9.77. The van der Waals surface area contributed by atoms with Crippen LogP contribution < -0.4 is 10.5 Å². The summed E-state index contributed by atoms with van der Waals surface area (Å²) in [5, 5.41) is 7.21. The van der Waals surface area contributed by atoms with Gasteiger partial charge in [-0.2, -0.15) is 13.2 Å². The Morgan fingerprint density at radius 3 is 2.14 bits per heavy atom. The van der Waals surface area contributed by atoms with Gasteiger partial charge in [0, 0.05) is 5.56 Å². The second-order valence-corrected chi connectivity index (χ2v) is 4.53. The van der Waals surface area contributed by atoms with Crippen LogP contribution in [0.4, 0.5) is 13.2 Å². The lowest BCUT2D eigenvalue weighted by atomic mass is 10.1. The minimum atomic E-state index is -4.60. The molecule has 21 heavy (non-hydrogen) atoms. The summed E-state index contributed by atoms with van der Waals surface area (Å²) in [5.41, 5.74) is 4.84. The lowest BCUT2D eigenvalue weighted by molar-refractivity contribution is -0.137. The molecule has 0 radical (unpaired) electrons. The van der Waals surface area contributed by atoms with Crippen molar-refractivity contribution in [2.24, 2.45) is 5.73 Å². The summed E-state index contributed by atoms with van der Waals surface area (Å²) in [7, 11) is 0. The molecule has 6 heteroatoms. The smallest absolute Gasteiger partial charge is 0.417 e. The Hall–Kier alpha value is -2.50. The first kappa shape index (κ1) is 14.9. The Labute approximate surface area is 119 Å². The van der Waals surface area contributed by atoms with Crippen molar-refractivity contribution in [1.29, 1.82) is 5.41 Å². The van der Waals surface area contributed by atoms with E-state index in [2.05, 4.69) is 0 Å². The largest absolute Gasteiger partial charge is 0.457 e. The molecule has 0 saturated heterocycles. The lowest BCUT2D eigenvalue weighted by Gasteiger charge is -2.14. The van der Waals surface area contributed by atoms with E-state index in [0.29, 0.717) is 5.75 Å². The molecular formula is C15H13F3N2O. The fraction of sp³-hybridized carbons (Fsp3) is 0.133. The van der Waals surface area contributed by atoms with Crippen molar-refractivity contribution in [2.75, 3.05) is 0 Å². The minimum Gasteiger partial charge on any atom is -0.457 e. The molecule has 110 valence electrons. The number of ether oxygens (including phenoxy) is 1. The van der Waals surface area contributed by atoms with E-state index in [-0.39, 0.29) is 11.3 Å². The number of hydrogen-bond donors (Lipinski definition) is 2. The monoisotopic (exact) mass is 294 g/mol. The van der Waals surface area contributed by atoms with Gasteiger partial charge in [0.1, 0.15) is 17.3 Å². The molecule has 0 bridgehead atoms. The van der Waals surface area contributed by atoms with Crippen LogP contribution in [0.25, 0.3) is 0 Å². The predicted octanol–water partition coefficient (Wildman–Crippen LogP) is 4.09. The zero-order chi connectivity index (χ0) is 15.6. The first-order valence-corrected chi connectivity index (χ1v) is 6.07. The van der Waals surface area contributed by atoms with Crippen LogP contribution in [-0.2, 0) is 6.18 Å². The van der Waals surface area contributed by atoms with Crippen LogP contribution in [0.1, 0.15) is 16.7 Å². The summed E-state index contributed by atoms with van der Waals surface area (Å²) in [6, 6.07) is 10.3. The van der Waals surface area contributed by atoms with Crippen LogP contribution in [0.15, 0.2) is 42.5 Å². The number of aryl methyl sites for hydroxylation is 1. The highest BCUT2D eigenvalue weighted by Gasteiger charge is 2.34. The third kappa shape index (κ3) is 3.53. The Morgan fingerprint density at radius 1 is 1.05 bits per heavy atom. The number of amidine groups is 1. The Kier molecular flexibility index (Phi) is 3.88. The third-order valence-electron chi connectivity index (χ3n) is 2.84. The molecule has 2 aromatic rings. The topological polar surface area (TPSA) is 59.1 Å². The number of nitrogens with two attached hydrogens (primary N) is 1. The van der Waals surface area contributed by atoms with E-state index in [1.807, 2.05) is 6.92 Å². The van der Waals surface area contributed by atoms with E-state index in [0.717, 1.165) is 17.7 Å². The quantitative estimate of drug-likeness (QED) is 0.661. The number of alkyl halides is 3. The van der Waals surface area contributed by atoms with Crippen LogP contribution >= 0.6 is 0 Å². The van der Waals surface area contributed by atoms with E-state index in [1.54, 1.807) is 24.3 Å². The molecule has 0 fully saturated rings. The molecule has 0 amide bonds. The molecule has 0 heterocycles. The second kappa shape index (κ2) is 5.47. The van der Waals surface area contributed by atoms with Crippen LogP contribution in [0.2, 0.25) is 0 Å². The fourth-order valence-corrected chi connectivity index (χ4v) is 1.80. The summed E-state index contributed by atoms with van der Waals surface area (Å²) >= 11 is 0. The number of benzene rings is 2. The number of nitrogen functional groups attached to an aromatic ring is 1. The summed E-state index contributed by atoms with van der Waals surface area (Å²) in [6.45, 7) is 1.90. The first-order valence-electron chi connectivity index (χ1n) is 6.07. The van der Waals surface area contributed by atoms with E-state index in [4.69, 9.17) is 15.9 Å². The van der Waals surface area contributed by atoms with Gasteiger partial charge in [-0.3, -0.25) is 5.41 Å². The molecule has 0 spiro atoms. The van der Waals surface area contributed by atoms with Gasteiger partial charge in [0.2, 0.25) is 0 Å². The summed E-state index contributed by atoms with van der Waals surface area (Å²) in [5.74, 6) is -0.162. The van der Waals surface area contributed by atoms with E-state index in [9.17, 15) is 13.2 Å². The lowest BCUT2D eigenvalue weighted by Crippen LogP contribution is -2.18. The molecule has 0 unspecified atom stereocenters. The van der Waals surface area contributed by atoms with Crippen molar-refractivity contribution in [3.05, 3.63) is 59.2 Å². The van der Waals surface area contributed by atoms with E-state index in [1.165, 1.54) is 6.07 Å². The minimum absolute atomic E-state index is 0.0381. The van der Waals surface area contributed by atoms with Crippen LogP contribution in [0, 0.1) is 12.3 Å². The third-order valence-corrected chi connectivity index (χ3v) is 2.84. The normalized spacial score (nSPS) is 11.2. The highest BCUT2D eigenvalue weighted by Crippen LogP contribution is 2.35. The average Bonchev–Trinajstić information content (AvgIpc) is 2.40. The van der Waals surface area contributed by atoms with Crippen molar-refractivity contribution in [2.45, 2.75) is 13.1 Å². The van der Waals surface area contributed by atoms with Crippen LogP contribution in [0.3, 0.4) is 0 Å².